The SMILES string of the molecule is CC(C)CCCC(C)C1CCC2C3CC(=O)NC4CNC(=O)CCC4(C)C3CCC12C. The number of amides is 2. The molecule has 0 aromatic rings. The van der Waals surface area contributed by atoms with Crippen molar-refractivity contribution in [2.24, 2.45) is 46.3 Å². The Hall–Kier alpha value is -1.06. The summed E-state index contributed by atoms with van der Waals surface area (Å²) in [5.74, 6) is 4.46. The summed E-state index contributed by atoms with van der Waals surface area (Å²) >= 11 is 0. The molecule has 2 aliphatic carbocycles. The van der Waals surface area contributed by atoms with Crippen LogP contribution in [0.2, 0.25) is 0 Å². The van der Waals surface area contributed by atoms with Gasteiger partial charge in [-0.1, -0.05) is 53.9 Å². The van der Waals surface area contributed by atoms with E-state index in [0.29, 0.717) is 42.6 Å². The summed E-state index contributed by atoms with van der Waals surface area (Å²) in [7, 11) is 0. The van der Waals surface area contributed by atoms with Crippen LogP contribution in [-0.4, -0.2) is 24.4 Å². The van der Waals surface area contributed by atoms with Gasteiger partial charge in [-0.3, -0.25) is 9.59 Å². The highest BCUT2D eigenvalue weighted by Gasteiger charge is 2.60. The lowest BCUT2D eigenvalue weighted by Crippen LogP contribution is -2.53. The van der Waals surface area contributed by atoms with Gasteiger partial charge in [0.15, 0.2) is 0 Å². The van der Waals surface area contributed by atoms with Crippen molar-refractivity contribution >= 4 is 11.8 Å². The molecule has 0 aromatic heterocycles. The first-order valence-electron chi connectivity index (χ1n) is 13.2. The van der Waals surface area contributed by atoms with Crippen LogP contribution in [0.25, 0.3) is 0 Å². The standard InChI is InChI=1S/C27H46N2O2/c1-17(2)7-6-8-18(3)20-9-10-21-19-15-25(31)29-23-16-28-24(30)12-14-27(23,5)22(19)11-13-26(20,21)4/h17-23H,6-16H2,1-5H3,(H,28,30)(H,29,31). The molecule has 2 heterocycles. The zero-order chi connectivity index (χ0) is 22.4. The Morgan fingerprint density at radius 1 is 0.935 bits per heavy atom. The second kappa shape index (κ2) is 8.71. The van der Waals surface area contributed by atoms with Gasteiger partial charge in [0.05, 0.1) is 6.04 Å². The normalized spacial score (nSPS) is 43.7. The van der Waals surface area contributed by atoms with Gasteiger partial charge in [-0.05, 0) is 78.4 Å². The van der Waals surface area contributed by atoms with Gasteiger partial charge in [0.2, 0.25) is 11.8 Å². The third-order valence-corrected chi connectivity index (χ3v) is 10.4. The molecule has 4 aliphatic rings. The molecule has 2 saturated heterocycles. The van der Waals surface area contributed by atoms with E-state index in [0.717, 1.165) is 24.2 Å². The zero-order valence-electron chi connectivity index (χ0n) is 20.6. The van der Waals surface area contributed by atoms with Crippen molar-refractivity contribution in [3.8, 4) is 0 Å². The van der Waals surface area contributed by atoms with Crippen molar-refractivity contribution < 1.29 is 9.59 Å². The minimum Gasteiger partial charge on any atom is -0.354 e. The number of hydrogen-bond acceptors (Lipinski definition) is 2. The molecule has 8 atom stereocenters. The highest BCUT2D eigenvalue weighted by molar-refractivity contribution is 5.79. The van der Waals surface area contributed by atoms with E-state index in [-0.39, 0.29) is 23.3 Å². The van der Waals surface area contributed by atoms with Crippen LogP contribution in [0.15, 0.2) is 0 Å². The number of nitrogens with one attached hydrogen (secondary N) is 2. The first kappa shape index (κ1) is 23.1. The largest absolute Gasteiger partial charge is 0.354 e. The summed E-state index contributed by atoms with van der Waals surface area (Å²) in [6.45, 7) is 12.7. The Kier molecular flexibility index (Phi) is 6.49. The molecule has 4 rings (SSSR count). The van der Waals surface area contributed by atoms with Gasteiger partial charge in [0, 0.05) is 19.4 Å². The van der Waals surface area contributed by atoms with E-state index in [1.54, 1.807) is 0 Å². The Morgan fingerprint density at radius 2 is 1.68 bits per heavy atom. The molecule has 2 aliphatic heterocycles. The van der Waals surface area contributed by atoms with E-state index in [1.165, 1.54) is 44.9 Å². The molecular weight excluding hydrogens is 384 g/mol. The molecule has 31 heavy (non-hydrogen) atoms. The number of rotatable bonds is 5. The molecule has 4 fully saturated rings. The number of carbonyl (C=O) groups excluding carboxylic acids is 2. The molecule has 0 bridgehead atoms. The molecule has 8 unspecified atom stereocenters. The molecule has 0 spiro atoms. The number of hydrogen-bond donors (Lipinski definition) is 2. The molecule has 2 amide bonds. The summed E-state index contributed by atoms with van der Waals surface area (Å²) in [5.41, 5.74) is 0.409. The van der Waals surface area contributed by atoms with Crippen LogP contribution in [0.4, 0.5) is 0 Å². The van der Waals surface area contributed by atoms with Crippen LogP contribution < -0.4 is 10.6 Å². The fourth-order valence-corrected chi connectivity index (χ4v) is 8.64. The highest BCUT2D eigenvalue weighted by Crippen LogP contribution is 2.65. The summed E-state index contributed by atoms with van der Waals surface area (Å²) in [5, 5.41) is 6.41. The minimum atomic E-state index is 0.0261. The van der Waals surface area contributed by atoms with E-state index in [1.807, 2.05) is 0 Å². The van der Waals surface area contributed by atoms with Gasteiger partial charge >= 0.3 is 0 Å². The first-order valence-corrected chi connectivity index (χ1v) is 13.2. The van der Waals surface area contributed by atoms with Crippen LogP contribution >= 0.6 is 0 Å². The summed E-state index contributed by atoms with van der Waals surface area (Å²) in [6, 6.07) is 0.0814. The fourth-order valence-electron chi connectivity index (χ4n) is 8.64. The topological polar surface area (TPSA) is 58.2 Å². The summed E-state index contributed by atoms with van der Waals surface area (Å²) in [4.78, 5) is 25.2. The molecular formula is C27H46N2O2. The molecule has 2 saturated carbocycles. The van der Waals surface area contributed by atoms with Crippen molar-refractivity contribution in [2.45, 2.75) is 105 Å². The zero-order valence-corrected chi connectivity index (χ0v) is 20.6. The van der Waals surface area contributed by atoms with Crippen molar-refractivity contribution in [1.29, 1.82) is 0 Å². The Morgan fingerprint density at radius 3 is 2.42 bits per heavy atom. The van der Waals surface area contributed by atoms with Gasteiger partial charge in [-0.25, -0.2) is 0 Å². The van der Waals surface area contributed by atoms with Gasteiger partial charge in [-0.15, -0.1) is 0 Å². The van der Waals surface area contributed by atoms with Crippen molar-refractivity contribution in [1.82, 2.24) is 10.6 Å². The van der Waals surface area contributed by atoms with E-state index in [4.69, 9.17) is 0 Å². The van der Waals surface area contributed by atoms with Gasteiger partial charge in [0.1, 0.15) is 0 Å². The van der Waals surface area contributed by atoms with Crippen molar-refractivity contribution in [2.75, 3.05) is 6.54 Å². The maximum absolute atomic E-state index is 13.0. The van der Waals surface area contributed by atoms with Crippen LogP contribution in [0.1, 0.15) is 98.8 Å². The molecule has 176 valence electrons. The van der Waals surface area contributed by atoms with E-state index >= 15 is 0 Å². The van der Waals surface area contributed by atoms with Crippen molar-refractivity contribution in [3.63, 3.8) is 0 Å². The summed E-state index contributed by atoms with van der Waals surface area (Å²) < 4.78 is 0. The molecule has 4 nitrogen and oxygen atoms in total. The van der Waals surface area contributed by atoms with Crippen LogP contribution in [0.5, 0.6) is 0 Å². The number of fused-ring (bicyclic) bond motifs is 5. The van der Waals surface area contributed by atoms with Gasteiger partial charge in [-0.2, -0.15) is 0 Å². The maximum atomic E-state index is 13.0. The van der Waals surface area contributed by atoms with Crippen LogP contribution in [-0.2, 0) is 9.59 Å². The third-order valence-electron chi connectivity index (χ3n) is 10.4. The minimum absolute atomic E-state index is 0.0261. The lowest BCUT2D eigenvalue weighted by atomic mass is 9.50. The van der Waals surface area contributed by atoms with Crippen LogP contribution in [0.3, 0.4) is 0 Å². The molecule has 0 aromatic carbocycles. The number of carbonyl (C=O) groups is 2. The maximum Gasteiger partial charge on any atom is 0.220 e. The average Bonchev–Trinajstić information content (AvgIpc) is 2.93. The third kappa shape index (κ3) is 4.17. The second-order valence-corrected chi connectivity index (χ2v) is 12.5. The first-order chi connectivity index (χ1) is 14.6. The Bertz CT molecular complexity index is 691. The monoisotopic (exact) mass is 430 g/mol. The van der Waals surface area contributed by atoms with E-state index in [2.05, 4.69) is 45.3 Å². The fraction of sp³-hybridized carbons (Fsp3) is 0.926. The van der Waals surface area contributed by atoms with E-state index in [9.17, 15) is 9.59 Å². The van der Waals surface area contributed by atoms with Gasteiger partial charge in [0.25, 0.3) is 0 Å². The van der Waals surface area contributed by atoms with Crippen molar-refractivity contribution in [3.05, 3.63) is 0 Å². The Balaban J connectivity index is 1.55. The summed E-state index contributed by atoms with van der Waals surface area (Å²) in [6.07, 6.45) is 11.4. The predicted octanol–water partition coefficient (Wildman–Crippen LogP) is 5.31. The molecule has 0 radical (unpaired) electrons. The Labute approximate surface area is 190 Å². The molecule has 4 heteroatoms. The van der Waals surface area contributed by atoms with Gasteiger partial charge < -0.3 is 10.6 Å². The highest BCUT2D eigenvalue weighted by atomic mass is 16.2. The smallest absolute Gasteiger partial charge is 0.220 e. The average molecular weight is 431 g/mol. The van der Waals surface area contributed by atoms with Crippen LogP contribution in [0, 0.1) is 46.3 Å². The predicted molar refractivity (Wildman–Crippen MR) is 125 cm³/mol. The second-order valence-electron chi connectivity index (χ2n) is 12.5. The quantitative estimate of drug-likeness (QED) is 0.621. The lowest BCUT2D eigenvalue weighted by molar-refractivity contribution is -0.124. The van der Waals surface area contributed by atoms with E-state index < -0.39 is 0 Å². The lowest BCUT2D eigenvalue weighted by Gasteiger charge is -2.54. The molecule has 2 N–H and O–H groups in total.